The van der Waals surface area contributed by atoms with Crippen molar-refractivity contribution in [3.8, 4) is 23.1 Å². The molecule has 1 atom stereocenters. The molecule has 0 bridgehead atoms. The Balaban J connectivity index is 1.83. The summed E-state index contributed by atoms with van der Waals surface area (Å²) < 4.78 is 22.3. The van der Waals surface area contributed by atoms with Gasteiger partial charge in [-0.15, -0.1) is 0 Å². The largest absolute Gasteiger partial charge is 0.493 e. The molecular formula is C18H19N5O7. The molecule has 12 nitrogen and oxygen atoms in total. The number of carbonyl (C=O) groups excluding carboxylic acids is 1. The number of aromatic nitrogens is 1. The van der Waals surface area contributed by atoms with E-state index in [4.69, 9.17) is 24.7 Å². The maximum atomic E-state index is 11.2. The van der Waals surface area contributed by atoms with Crippen molar-refractivity contribution in [3.05, 3.63) is 51.7 Å². The minimum Gasteiger partial charge on any atom is -0.493 e. The molecule has 1 amide bonds. The van der Waals surface area contributed by atoms with E-state index in [2.05, 4.69) is 10.1 Å². The van der Waals surface area contributed by atoms with Gasteiger partial charge in [-0.1, -0.05) is 0 Å². The summed E-state index contributed by atoms with van der Waals surface area (Å²) in [6.45, 7) is -0.0536. The Kier molecular flexibility index (Phi) is 6.15. The lowest BCUT2D eigenvalue weighted by Crippen LogP contribution is -2.26. The molecule has 1 aromatic carbocycles. The van der Waals surface area contributed by atoms with Gasteiger partial charge in [-0.05, 0) is 23.8 Å². The van der Waals surface area contributed by atoms with Crippen molar-refractivity contribution in [1.29, 1.82) is 0 Å². The number of carbonyl (C=O) groups is 1. The van der Waals surface area contributed by atoms with Crippen molar-refractivity contribution in [2.24, 2.45) is 10.8 Å². The fourth-order valence-electron chi connectivity index (χ4n) is 2.73. The van der Waals surface area contributed by atoms with Gasteiger partial charge >= 0.3 is 0 Å². The molecule has 0 radical (unpaired) electrons. The third-order valence-electron chi connectivity index (χ3n) is 4.12. The number of methoxy groups -OCH3 is 2. The molecule has 2 aromatic rings. The Bertz CT molecular complexity index is 947. The molecule has 2 N–H and O–H groups in total. The summed E-state index contributed by atoms with van der Waals surface area (Å²) in [5.74, 6) is 0.634. The number of nitrogens with zero attached hydrogens (tertiary/aromatic N) is 4. The highest BCUT2D eigenvalue weighted by molar-refractivity contribution is 6.25. The molecule has 1 aromatic heterocycles. The van der Waals surface area contributed by atoms with Crippen molar-refractivity contribution >= 4 is 12.1 Å². The number of nitro groups is 1. The van der Waals surface area contributed by atoms with Gasteiger partial charge in [0.05, 0.1) is 19.3 Å². The Morgan fingerprint density at radius 2 is 2.23 bits per heavy atom. The van der Waals surface area contributed by atoms with E-state index in [1.54, 1.807) is 24.4 Å². The van der Waals surface area contributed by atoms with Crippen molar-refractivity contribution in [2.45, 2.75) is 12.6 Å². The van der Waals surface area contributed by atoms with Crippen LogP contribution in [0.4, 0.5) is 0 Å². The second-order valence-electron chi connectivity index (χ2n) is 6.09. The fourth-order valence-corrected chi connectivity index (χ4v) is 2.73. The Morgan fingerprint density at radius 1 is 1.43 bits per heavy atom. The number of nitrogens with two attached hydrogens (primary N) is 1. The lowest BCUT2D eigenvalue weighted by molar-refractivity contribution is -0.661. The van der Waals surface area contributed by atoms with Crippen LogP contribution in [0.3, 0.4) is 0 Å². The van der Waals surface area contributed by atoms with Gasteiger partial charge in [0.25, 0.3) is 5.91 Å². The monoisotopic (exact) mass is 417 g/mol. The highest BCUT2D eigenvalue weighted by Gasteiger charge is 2.28. The van der Waals surface area contributed by atoms with Crippen LogP contribution in [0.5, 0.6) is 23.1 Å². The molecule has 30 heavy (non-hydrogen) atoms. The molecule has 1 aliphatic heterocycles. The second-order valence-corrected chi connectivity index (χ2v) is 6.09. The van der Waals surface area contributed by atoms with E-state index < -0.39 is 17.0 Å². The molecule has 1 aliphatic rings. The number of pyridine rings is 1. The number of amides is 1. The molecular weight excluding hydrogens is 398 g/mol. The smallest absolute Gasteiger partial charge is 0.287 e. The number of hydrazone groups is 1. The maximum absolute atomic E-state index is 11.2. The van der Waals surface area contributed by atoms with Gasteiger partial charge < -0.3 is 34.8 Å². The van der Waals surface area contributed by atoms with Crippen LogP contribution >= 0.6 is 0 Å². The van der Waals surface area contributed by atoms with Crippen molar-refractivity contribution in [3.63, 3.8) is 0 Å². The average molecular weight is 417 g/mol. The zero-order chi connectivity index (χ0) is 21.7. The lowest BCUT2D eigenvalue weighted by atomic mass is 10.1. The molecule has 1 unspecified atom stereocenters. The number of benzene rings is 1. The van der Waals surface area contributed by atoms with Gasteiger partial charge in [-0.3, -0.25) is 4.79 Å². The maximum Gasteiger partial charge on any atom is 0.287 e. The van der Waals surface area contributed by atoms with Crippen molar-refractivity contribution in [2.75, 3.05) is 20.8 Å². The summed E-state index contributed by atoms with van der Waals surface area (Å²) in [7, 11) is 2.97. The Morgan fingerprint density at radius 3 is 2.83 bits per heavy atom. The van der Waals surface area contributed by atoms with Gasteiger partial charge in [0.2, 0.25) is 17.8 Å². The van der Waals surface area contributed by atoms with Crippen molar-refractivity contribution < 1.29 is 28.8 Å². The van der Waals surface area contributed by atoms with Crippen LogP contribution in [0.15, 0.2) is 35.6 Å². The van der Waals surface area contributed by atoms with E-state index in [1.165, 1.54) is 14.2 Å². The number of primary amides is 1. The zero-order valence-corrected chi connectivity index (χ0v) is 16.2. The number of rotatable bonds is 8. The predicted molar refractivity (Wildman–Crippen MR) is 103 cm³/mol. The highest BCUT2D eigenvalue weighted by Crippen LogP contribution is 2.44. The van der Waals surface area contributed by atoms with Crippen molar-refractivity contribution in [1.82, 2.24) is 10.1 Å². The zero-order valence-electron chi connectivity index (χ0n) is 16.2. The number of hydrazine groups is 1. The summed E-state index contributed by atoms with van der Waals surface area (Å²) in [6.07, 6.45) is 1.86. The molecule has 0 fully saturated rings. The highest BCUT2D eigenvalue weighted by atomic mass is 16.7. The summed E-state index contributed by atoms with van der Waals surface area (Å²) in [5.41, 5.74) is 6.18. The van der Waals surface area contributed by atoms with Crippen LogP contribution in [-0.2, 0) is 11.3 Å². The number of fused-ring (bicyclic) bond motifs is 1. The van der Waals surface area contributed by atoms with Crippen LogP contribution in [0, 0.1) is 10.1 Å². The summed E-state index contributed by atoms with van der Waals surface area (Å²) in [5, 5.41) is 14.3. The molecule has 158 valence electrons. The van der Waals surface area contributed by atoms with E-state index in [1.807, 2.05) is 6.07 Å². The molecule has 12 heteroatoms. The van der Waals surface area contributed by atoms with Crippen LogP contribution in [0.1, 0.15) is 17.2 Å². The van der Waals surface area contributed by atoms with Gasteiger partial charge in [0.1, 0.15) is 13.2 Å². The molecule has 2 heterocycles. The fraction of sp³-hybridized carbons (Fsp3) is 0.278. The first-order valence-corrected chi connectivity index (χ1v) is 8.66. The van der Waals surface area contributed by atoms with E-state index in [-0.39, 0.29) is 13.2 Å². The predicted octanol–water partition coefficient (Wildman–Crippen LogP) is 1.08. The SMILES string of the molecule is COc1ccc(C2COc3cc(CN(/N=C\C(N)=O)[N+](=O)[O-])cc(OC)c3O2)cn1. The first-order chi connectivity index (χ1) is 14.4. The van der Waals surface area contributed by atoms with Gasteiger partial charge in [0.15, 0.2) is 17.6 Å². The average Bonchev–Trinajstić information content (AvgIpc) is 2.75. The Hall–Kier alpha value is -4.09. The van der Waals surface area contributed by atoms with E-state index in [9.17, 15) is 14.9 Å². The number of ether oxygens (including phenoxy) is 4. The van der Waals surface area contributed by atoms with Gasteiger partial charge in [-0.25, -0.2) is 4.98 Å². The van der Waals surface area contributed by atoms with Crippen LogP contribution in [0.2, 0.25) is 0 Å². The molecule has 0 aliphatic carbocycles. The lowest BCUT2D eigenvalue weighted by Gasteiger charge is -2.28. The van der Waals surface area contributed by atoms with Crippen LogP contribution in [0.25, 0.3) is 0 Å². The third-order valence-corrected chi connectivity index (χ3v) is 4.12. The minimum atomic E-state index is -0.902. The van der Waals surface area contributed by atoms with E-state index >= 15 is 0 Å². The third kappa shape index (κ3) is 4.66. The summed E-state index contributed by atoms with van der Waals surface area (Å²) in [6, 6.07) is 6.68. The summed E-state index contributed by atoms with van der Waals surface area (Å²) >= 11 is 0. The topological polar surface area (TPSA) is 152 Å². The first kappa shape index (κ1) is 20.6. The van der Waals surface area contributed by atoms with Crippen LogP contribution in [-0.4, -0.2) is 48.1 Å². The van der Waals surface area contributed by atoms with Gasteiger partial charge in [-0.2, -0.15) is 0 Å². The van der Waals surface area contributed by atoms with E-state index in [0.717, 1.165) is 5.56 Å². The molecule has 0 spiro atoms. The van der Waals surface area contributed by atoms with E-state index in [0.29, 0.717) is 40.0 Å². The molecule has 0 saturated heterocycles. The van der Waals surface area contributed by atoms with Gasteiger partial charge in [0, 0.05) is 28.0 Å². The number of hydrogen-bond donors (Lipinski definition) is 1. The molecule has 3 rings (SSSR count). The minimum absolute atomic E-state index is 0.201. The molecule has 0 saturated carbocycles. The normalized spacial score (nSPS) is 14.9. The first-order valence-electron chi connectivity index (χ1n) is 8.66. The standard InChI is InChI=1S/C18H19N5O7/c1-27-13-5-11(9-22(23(25)26)21-8-16(19)24)6-14-18(13)30-15(10-29-14)12-3-4-17(28-2)20-7-12/h3-8,15H,9-10H2,1-2H3,(H2,19,24)/b21-8-. The summed E-state index contributed by atoms with van der Waals surface area (Å²) in [4.78, 5) is 26.1. The second kappa shape index (κ2) is 8.94. The Labute approximate surface area is 170 Å². The van der Waals surface area contributed by atoms with Crippen LogP contribution < -0.4 is 24.7 Å². The number of hydrogen-bond acceptors (Lipinski definition) is 9. The quantitative estimate of drug-likeness (QED) is 0.378.